The SMILES string of the molecule is CCCCC(CC)CN1C(=O)C(=Cc2c(N3CCC(C(N)=O)CC3)nc3c(C)cccn3c2=O)SC1=S. The van der Waals surface area contributed by atoms with Crippen LogP contribution < -0.4 is 16.2 Å². The molecule has 8 nitrogen and oxygen atoms in total. The lowest BCUT2D eigenvalue weighted by atomic mass is 9.96. The van der Waals surface area contributed by atoms with Gasteiger partial charge in [0.05, 0.1) is 10.5 Å². The highest BCUT2D eigenvalue weighted by Gasteiger charge is 2.34. The van der Waals surface area contributed by atoms with Crippen molar-refractivity contribution in [1.82, 2.24) is 14.3 Å². The third-order valence-electron chi connectivity index (χ3n) is 7.39. The quantitative estimate of drug-likeness (QED) is 0.376. The molecule has 1 unspecified atom stereocenters. The minimum absolute atomic E-state index is 0.155. The molecule has 0 radical (unpaired) electrons. The fourth-order valence-corrected chi connectivity index (χ4v) is 6.26. The van der Waals surface area contributed by atoms with E-state index in [1.165, 1.54) is 16.2 Å². The molecule has 2 aliphatic rings. The molecule has 2 aromatic rings. The van der Waals surface area contributed by atoms with Crippen LogP contribution in [0.15, 0.2) is 28.0 Å². The zero-order valence-corrected chi connectivity index (χ0v) is 23.4. The van der Waals surface area contributed by atoms with Crippen molar-refractivity contribution in [2.24, 2.45) is 17.6 Å². The first-order valence-corrected chi connectivity index (χ1v) is 14.3. The van der Waals surface area contributed by atoms with E-state index in [0.717, 1.165) is 31.2 Å². The summed E-state index contributed by atoms with van der Waals surface area (Å²) in [6.07, 6.45) is 8.84. The Morgan fingerprint density at radius 1 is 1.30 bits per heavy atom. The number of unbranched alkanes of at least 4 members (excludes halogenated alkanes) is 1. The molecule has 2 aromatic heterocycles. The molecule has 10 heteroatoms. The highest BCUT2D eigenvalue weighted by molar-refractivity contribution is 8.26. The van der Waals surface area contributed by atoms with Gasteiger partial charge in [-0.05, 0) is 49.8 Å². The standard InChI is InChI=1S/C27H35N5O3S2/c1-4-6-9-18(5-2)16-32-26(35)21(37-27(32)36)15-20-24(30-13-10-19(11-14-30)22(28)33)29-23-17(3)8-7-12-31(23)25(20)34/h7-8,12,15,18-19H,4-6,9-11,13-14,16H2,1-3H3,(H2,28,33). The molecule has 2 N–H and O–H groups in total. The number of nitrogens with two attached hydrogens (primary N) is 1. The van der Waals surface area contributed by atoms with Gasteiger partial charge in [0.15, 0.2) is 0 Å². The maximum atomic E-state index is 13.7. The van der Waals surface area contributed by atoms with Gasteiger partial charge < -0.3 is 10.6 Å². The zero-order chi connectivity index (χ0) is 26.7. The van der Waals surface area contributed by atoms with Crippen LogP contribution in [0, 0.1) is 18.8 Å². The van der Waals surface area contributed by atoms with Crippen LogP contribution in [0.5, 0.6) is 0 Å². The molecule has 4 rings (SSSR count). The predicted molar refractivity (Wildman–Crippen MR) is 154 cm³/mol. The number of carbonyl (C=O) groups excluding carboxylic acids is 2. The average Bonchev–Trinajstić information content (AvgIpc) is 3.15. The van der Waals surface area contributed by atoms with Crippen LogP contribution in [0.1, 0.15) is 63.5 Å². The number of thioether (sulfide) groups is 1. The first-order valence-electron chi connectivity index (χ1n) is 13.1. The van der Waals surface area contributed by atoms with Crippen LogP contribution >= 0.6 is 24.0 Å². The Labute approximate surface area is 227 Å². The Kier molecular flexibility index (Phi) is 8.69. The summed E-state index contributed by atoms with van der Waals surface area (Å²) in [4.78, 5) is 47.9. The van der Waals surface area contributed by atoms with Gasteiger partial charge in [-0.1, -0.05) is 63.2 Å². The van der Waals surface area contributed by atoms with Crippen molar-refractivity contribution in [2.75, 3.05) is 24.5 Å². The van der Waals surface area contributed by atoms with Crippen molar-refractivity contribution >= 4 is 57.7 Å². The second kappa shape index (κ2) is 11.8. The van der Waals surface area contributed by atoms with Crippen molar-refractivity contribution in [3.63, 3.8) is 0 Å². The highest BCUT2D eigenvalue weighted by atomic mass is 32.2. The van der Waals surface area contributed by atoms with E-state index in [1.807, 2.05) is 24.0 Å². The molecular weight excluding hydrogens is 506 g/mol. The minimum Gasteiger partial charge on any atom is -0.369 e. The number of primary amides is 1. The summed E-state index contributed by atoms with van der Waals surface area (Å²) >= 11 is 6.83. The fraction of sp³-hybridized carbons (Fsp3) is 0.519. The lowest BCUT2D eigenvalue weighted by Gasteiger charge is -2.32. The van der Waals surface area contributed by atoms with Crippen molar-refractivity contribution < 1.29 is 9.59 Å². The number of aromatic nitrogens is 2. The van der Waals surface area contributed by atoms with Gasteiger partial charge >= 0.3 is 0 Å². The topological polar surface area (TPSA) is 101 Å². The van der Waals surface area contributed by atoms with Crippen LogP contribution in [-0.2, 0) is 9.59 Å². The van der Waals surface area contributed by atoms with E-state index in [4.69, 9.17) is 22.9 Å². The Morgan fingerprint density at radius 3 is 2.68 bits per heavy atom. The summed E-state index contributed by atoms with van der Waals surface area (Å²) in [7, 11) is 0. The van der Waals surface area contributed by atoms with Crippen molar-refractivity contribution in [3.8, 4) is 0 Å². The van der Waals surface area contributed by atoms with E-state index >= 15 is 0 Å². The number of hydrogen-bond donors (Lipinski definition) is 1. The number of piperidine rings is 1. The molecule has 2 saturated heterocycles. The number of anilines is 1. The lowest BCUT2D eigenvalue weighted by Crippen LogP contribution is -2.40. The molecule has 2 aliphatic heterocycles. The summed E-state index contributed by atoms with van der Waals surface area (Å²) in [6.45, 7) is 7.93. The number of carbonyl (C=O) groups is 2. The summed E-state index contributed by atoms with van der Waals surface area (Å²) in [5, 5.41) is 0. The molecule has 0 saturated carbocycles. The van der Waals surface area contributed by atoms with Gasteiger partial charge in [-0.15, -0.1) is 0 Å². The molecule has 0 spiro atoms. The van der Waals surface area contributed by atoms with E-state index in [0.29, 0.717) is 64.6 Å². The second-order valence-corrected chi connectivity index (χ2v) is 11.6. The van der Waals surface area contributed by atoms with Gasteiger partial charge in [0.25, 0.3) is 11.5 Å². The monoisotopic (exact) mass is 541 g/mol. The van der Waals surface area contributed by atoms with Crippen LogP contribution in [0.4, 0.5) is 5.82 Å². The summed E-state index contributed by atoms with van der Waals surface area (Å²) in [5.41, 5.74) is 7.11. The summed E-state index contributed by atoms with van der Waals surface area (Å²) < 4.78 is 2.05. The number of hydrogen-bond acceptors (Lipinski definition) is 7. The molecule has 2 amide bonds. The third-order valence-corrected chi connectivity index (χ3v) is 8.77. The first-order chi connectivity index (χ1) is 17.7. The van der Waals surface area contributed by atoms with Crippen LogP contribution in [-0.4, -0.2) is 50.1 Å². The van der Waals surface area contributed by atoms with E-state index in [9.17, 15) is 14.4 Å². The maximum absolute atomic E-state index is 13.7. The Hall–Kier alpha value is -2.72. The predicted octanol–water partition coefficient (Wildman–Crippen LogP) is 4.12. The van der Waals surface area contributed by atoms with E-state index in [2.05, 4.69) is 13.8 Å². The van der Waals surface area contributed by atoms with Gasteiger partial charge in [-0.3, -0.25) is 23.7 Å². The fourth-order valence-electron chi connectivity index (χ4n) is 5.01. The Bertz CT molecular complexity index is 1300. The van der Waals surface area contributed by atoms with Crippen LogP contribution in [0.3, 0.4) is 0 Å². The first kappa shape index (κ1) is 27.3. The summed E-state index contributed by atoms with van der Waals surface area (Å²) in [6, 6.07) is 3.73. The summed E-state index contributed by atoms with van der Waals surface area (Å²) in [5.74, 6) is 0.285. The number of pyridine rings is 1. The lowest BCUT2D eigenvalue weighted by molar-refractivity contribution is -0.123. The van der Waals surface area contributed by atoms with E-state index < -0.39 is 0 Å². The number of rotatable bonds is 9. The molecule has 2 fully saturated rings. The van der Waals surface area contributed by atoms with Crippen molar-refractivity contribution in [1.29, 1.82) is 0 Å². The van der Waals surface area contributed by atoms with Crippen LogP contribution in [0.2, 0.25) is 0 Å². The largest absolute Gasteiger partial charge is 0.369 e. The number of fused-ring (bicyclic) bond motifs is 1. The molecule has 0 aliphatic carbocycles. The molecule has 37 heavy (non-hydrogen) atoms. The normalized spacial score (nSPS) is 18.8. The van der Waals surface area contributed by atoms with E-state index in [1.54, 1.807) is 17.2 Å². The molecule has 198 valence electrons. The number of thiocarbonyl (C=S) groups is 1. The average molecular weight is 542 g/mol. The van der Waals surface area contributed by atoms with E-state index in [-0.39, 0.29) is 23.3 Å². The molecule has 0 bridgehead atoms. The molecule has 0 aromatic carbocycles. The molecular formula is C27H35N5O3S2. The van der Waals surface area contributed by atoms with Crippen molar-refractivity contribution in [2.45, 2.75) is 59.3 Å². The van der Waals surface area contributed by atoms with Gasteiger partial charge in [-0.2, -0.15) is 0 Å². The van der Waals surface area contributed by atoms with Gasteiger partial charge in [0.2, 0.25) is 5.91 Å². The van der Waals surface area contributed by atoms with Crippen molar-refractivity contribution in [3.05, 3.63) is 44.7 Å². The number of aryl methyl sites for hydroxylation is 1. The van der Waals surface area contributed by atoms with Crippen LogP contribution in [0.25, 0.3) is 11.7 Å². The maximum Gasteiger partial charge on any atom is 0.267 e. The molecule has 1 atom stereocenters. The Balaban J connectivity index is 1.72. The van der Waals surface area contributed by atoms with Gasteiger partial charge in [-0.25, -0.2) is 4.98 Å². The Morgan fingerprint density at radius 2 is 2.03 bits per heavy atom. The van der Waals surface area contributed by atoms with Gasteiger partial charge in [0.1, 0.15) is 15.8 Å². The molecule has 4 heterocycles. The second-order valence-electron chi connectivity index (χ2n) is 9.91. The smallest absolute Gasteiger partial charge is 0.267 e. The third kappa shape index (κ3) is 5.75. The minimum atomic E-state index is -0.296. The van der Waals surface area contributed by atoms with Gasteiger partial charge in [0, 0.05) is 31.7 Å². The zero-order valence-electron chi connectivity index (χ0n) is 21.7. The highest BCUT2D eigenvalue weighted by Crippen LogP contribution is 2.35. The number of amides is 2. The number of nitrogens with zero attached hydrogens (tertiary/aromatic N) is 4.